The summed E-state index contributed by atoms with van der Waals surface area (Å²) in [4.78, 5) is 43.2. The van der Waals surface area contributed by atoms with Crippen LogP contribution in [0.5, 0.6) is 17.2 Å². The van der Waals surface area contributed by atoms with E-state index < -0.39 is 12.1 Å². The van der Waals surface area contributed by atoms with Crippen molar-refractivity contribution in [3.05, 3.63) is 42.0 Å². The minimum atomic E-state index is -0.682. The van der Waals surface area contributed by atoms with Crippen molar-refractivity contribution in [2.45, 2.75) is 77.8 Å². The van der Waals surface area contributed by atoms with Crippen molar-refractivity contribution in [2.75, 3.05) is 41.0 Å². The van der Waals surface area contributed by atoms with Gasteiger partial charge in [-0.1, -0.05) is 63.8 Å². The molecule has 1 unspecified atom stereocenters. The van der Waals surface area contributed by atoms with Gasteiger partial charge in [-0.3, -0.25) is 14.4 Å². The van der Waals surface area contributed by atoms with E-state index in [-0.39, 0.29) is 24.3 Å². The Morgan fingerprint density at radius 3 is 2.02 bits per heavy atom. The van der Waals surface area contributed by atoms with Gasteiger partial charge in [0.15, 0.2) is 11.5 Å². The number of nitrogens with one attached hydrogen (secondary N) is 1. The zero-order chi connectivity index (χ0) is 30.6. The summed E-state index contributed by atoms with van der Waals surface area (Å²) in [5, 5.41) is 2.92. The van der Waals surface area contributed by atoms with Crippen LogP contribution in [-0.2, 0) is 20.8 Å². The summed E-state index contributed by atoms with van der Waals surface area (Å²) in [6, 6.07) is 10.3. The summed E-state index contributed by atoms with van der Waals surface area (Å²) in [6.07, 6.45) is 6.30. The standard InChI is InChI=1S/C33H47N3O6/c1-7-9-11-12-17-34-30(37)22-36-23(3)32(38)35(18-10-8-2)27(33(36)39)19-24-13-15-25(16-14-24)26-20-28(40-4)31(42-6)29(21-26)41-5/h13-16,20-21,23,27H,7-12,17-19,22H2,1-6H3,(H,34,37)/t23-,27?/m0/s1. The number of carbonyl (C=O) groups excluding carboxylic acids is 3. The van der Waals surface area contributed by atoms with Crippen molar-refractivity contribution < 1.29 is 28.6 Å². The van der Waals surface area contributed by atoms with Crippen molar-refractivity contribution in [2.24, 2.45) is 0 Å². The van der Waals surface area contributed by atoms with Gasteiger partial charge in [0.25, 0.3) is 0 Å². The van der Waals surface area contributed by atoms with Crippen LogP contribution in [0.4, 0.5) is 0 Å². The van der Waals surface area contributed by atoms with E-state index in [1.54, 1.807) is 33.2 Å². The second kappa shape index (κ2) is 16.0. The molecule has 230 valence electrons. The average Bonchev–Trinajstić information content (AvgIpc) is 3.01. The molecular weight excluding hydrogens is 534 g/mol. The van der Waals surface area contributed by atoms with Crippen LogP contribution >= 0.6 is 0 Å². The molecule has 0 aliphatic carbocycles. The second-order valence-corrected chi connectivity index (χ2v) is 10.8. The van der Waals surface area contributed by atoms with Crippen molar-refractivity contribution in [3.8, 4) is 28.4 Å². The summed E-state index contributed by atoms with van der Waals surface area (Å²) < 4.78 is 16.4. The largest absolute Gasteiger partial charge is 0.493 e. The Morgan fingerprint density at radius 1 is 0.810 bits per heavy atom. The quantitative estimate of drug-likeness (QED) is 0.285. The third kappa shape index (κ3) is 7.95. The van der Waals surface area contributed by atoms with Crippen LogP contribution in [0.3, 0.4) is 0 Å². The van der Waals surface area contributed by atoms with Crippen LogP contribution in [-0.4, -0.2) is 80.6 Å². The topological polar surface area (TPSA) is 97.4 Å². The Balaban J connectivity index is 1.80. The molecule has 1 aliphatic heterocycles. The molecule has 3 rings (SSSR count). The monoisotopic (exact) mass is 581 g/mol. The Labute approximate surface area is 250 Å². The van der Waals surface area contributed by atoms with Crippen LogP contribution < -0.4 is 19.5 Å². The van der Waals surface area contributed by atoms with E-state index in [1.807, 2.05) is 36.4 Å². The molecule has 2 aromatic carbocycles. The molecule has 1 aliphatic rings. The lowest BCUT2D eigenvalue weighted by Crippen LogP contribution is -2.65. The van der Waals surface area contributed by atoms with Crippen molar-refractivity contribution >= 4 is 17.7 Å². The minimum Gasteiger partial charge on any atom is -0.493 e. The molecule has 0 bridgehead atoms. The highest BCUT2D eigenvalue weighted by Crippen LogP contribution is 2.41. The number of nitrogens with zero attached hydrogens (tertiary/aromatic N) is 2. The zero-order valence-electron chi connectivity index (χ0n) is 26.0. The third-order valence-corrected chi connectivity index (χ3v) is 7.85. The van der Waals surface area contributed by atoms with Crippen LogP contribution in [0.15, 0.2) is 36.4 Å². The molecule has 0 radical (unpaired) electrons. The van der Waals surface area contributed by atoms with Crippen LogP contribution in [0.2, 0.25) is 0 Å². The predicted molar refractivity (Wildman–Crippen MR) is 164 cm³/mol. The number of methoxy groups -OCH3 is 3. The van der Waals surface area contributed by atoms with Gasteiger partial charge in [-0.25, -0.2) is 0 Å². The van der Waals surface area contributed by atoms with Gasteiger partial charge in [0, 0.05) is 19.5 Å². The maximum absolute atomic E-state index is 13.8. The van der Waals surface area contributed by atoms with E-state index in [0.717, 1.165) is 55.2 Å². The zero-order valence-corrected chi connectivity index (χ0v) is 26.0. The molecule has 2 aromatic rings. The lowest BCUT2D eigenvalue weighted by molar-refractivity contribution is -0.162. The number of carbonyl (C=O) groups is 3. The summed E-state index contributed by atoms with van der Waals surface area (Å²) in [5.41, 5.74) is 2.76. The number of unbranched alkanes of at least 4 members (excludes halogenated alkanes) is 4. The number of benzene rings is 2. The molecule has 9 nitrogen and oxygen atoms in total. The number of ether oxygens (including phenoxy) is 3. The molecule has 1 heterocycles. The molecule has 0 aromatic heterocycles. The molecule has 2 atom stereocenters. The van der Waals surface area contributed by atoms with E-state index in [4.69, 9.17) is 14.2 Å². The molecule has 0 spiro atoms. The number of amides is 3. The molecule has 1 fully saturated rings. The Bertz CT molecular complexity index is 1170. The summed E-state index contributed by atoms with van der Waals surface area (Å²) in [7, 11) is 4.73. The van der Waals surface area contributed by atoms with Gasteiger partial charge >= 0.3 is 0 Å². The van der Waals surface area contributed by atoms with E-state index in [2.05, 4.69) is 19.2 Å². The van der Waals surface area contributed by atoms with Gasteiger partial charge in [-0.2, -0.15) is 0 Å². The van der Waals surface area contributed by atoms with Crippen LogP contribution in [0.25, 0.3) is 11.1 Å². The first-order chi connectivity index (χ1) is 20.3. The molecule has 0 saturated carbocycles. The van der Waals surface area contributed by atoms with Gasteiger partial charge in [0.05, 0.1) is 21.3 Å². The third-order valence-electron chi connectivity index (χ3n) is 7.85. The highest BCUT2D eigenvalue weighted by atomic mass is 16.5. The van der Waals surface area contributed by atoms with Crippen LogP contribution in [0, 0.1) is 0 Å². The van der Waals surface area contributed by atoms with Crippen molar-refractivity contribution in [1.29, 1.82) is 0 Å². The SMILES string of the molecule is CCCCCCNC(=O)CN1C(=O)C(Cc2ccc(-c3cc(OC)c(OC)c(OC)c3)cc2)N(CCCC)C(=O)[C@@H]1C. The summed E-state index contributed by atoms with van der Waals surface area (Å²) >= 11 is 0. The first kappa shape index (κ1) is 32.8. The highest BCUT2D eigenvalue weighted by Gasteiger charge is 2.44. The Kier molecular flexibility index (Phi) is 12.5. The average molecular weight is 582 g/mol. The van der Waals surface area contributed by atoms with Gasteiger partial charge in [0.2, 0.25) is 23.5 Å². The number of rotatable bonds is 16. The summed E-state index contributed by atoms with van der Waals surface area (Å²) in [6.45, 7) is 6.90. The summed E-state index contributed by atoms with van der Waals surface area (Å²) in [5.74, 6) is 1.12. The maximum Gasteiger partial charge on any atom is 0.246 e. The second-order valence-electron chi connectivity index (χ2n) is 10.8. The highest BCUT2D eigenvalue weighted by molar-refractivity contribution is 5.99. The molecule has 9 heteroatoms. The normalized spacial score (nSPS) is 16.9. The fraction of sp³-hybridized carbons (Fsp3) is 0.545. The van der Waals surface area contributed by atoms with E-state index in [9.17, 15) is 14.4 Å². The molecular formula is C33H47N3O6. The van der Waals surface area contributed by atoms with Gasteiger partial charge in [-0.15, -0.1) is 0 Å². The molecule has 1 saturated heterocycles. The minimum absolute atomic E-state index is 0.113. The fourth-order valence-electron chi connectivity index (χ4n) is 5.34. The molecule has 3 amide bonds. The maximum atomic E-state index is 13.8. The lowest BCUT2D eigenvalue weighted by Gasteiger charge is -2.44. The first-order valence-corrected chi connectivity index (χ1v) is 15.1. The van der Waals surface area contributed by atoms with E-state index in [0.29, 0.717) is 36.8 Å². The van der Waals surface area contributed by atoms with E-state index >= 15 is 0 Å². The smallest absolute Gasteiger partial charge is 0.246 e. The number of hydrogen-bond donors (Lipinski definition) is 1. The molecule has 42 heavy (non-hydrogen) atoms. The first-order valence-electron chi connectivity index (χ1n) is 15.1. The van der Waals surface area contributed by atoms with Gasteiger partial charge in [0.1, 0.15) is 18.6 Å². The number of piperazine rings is 1. The van der Waals surface area contributed by atoms with E-state index in [1.165, 1.54) is 4.90 Å². The Hall–Kier alpha value is -3.75. The molecule has 1 N–H and O–H groups in total. The van der Waals surface area contributed by atoms with Crippen LogP contribution in [0.1, 0.15) is 64.9 Å². The van der Waals surface area contributed by atoms with Crippen molar-refractivity contribution in [3.63, 3.8) is 0 Å². The Morgan fingerprint density at radius 2 is 1.45 bits per heavy atom. The fourth-order valence-corrected chi connectivity index (χ4v) is 5.34. The predicted octanol–water partition coefficient (Wildman–Crippen LogP) is 4.85. The van der Waals surface area contributed by atoms with Gasteiger partial charge in [-0.05, 0) is 48.6 Å². The van der Waals surface area contributed by atoms with Gasteiger partial charge < -0.3 is 29.3 Å². The number of hydrogen-bond acceptors (Lipinski definition) is 6. The lowest BCUT2D eigenvalue weighted by atomic mass is 9.96. The van der Waals surface area contributed by atoms with Crippen molar-refractivity contribution in [1.82, 2.24) is 15.1 Å².